The SMILES string of the molecule is CN=C(NCC1CCN(c2ccccc2)C1)NC1CCN(C2CCCC2)C1. The molecule has 148 valence electrons. The number of hydrogen-bond acceptors (Lipinski definition) is 3. The fourth-order valence-electron chi connectivity index (χ4n) is 5.01. The van der Waals surface area contributed by atoms with Crippen molar-refractivity contribution in [1.82, 2.24) is 15.5 Å². The summed E-state index contributed by atoms with van der Waals surface area (Å²) in [5, 5.41) is 7.26. The van der Waals surface area contributed by atoms with Crippen molar-refractivity contribution in [2.75, 3.05) is 44.7 Å². The maximum atomic E-state index is 4.47. The van der Waals surface area contributed by atoms with Gasteiger partial charge in [-0.25, -0.2) is 0 Å². The van der Waals surface area contributed by atoms with E-state index in [1.165, 1.54) is 57.3 Å². The summed E-state index contributed by atoms with van der Waals surface area (Å²) in [7, 11) is 1.89. The molecule has 5 nitrogen and oxygen atoms in total. The van der Waals surface area contributed by atoms with E-state index in [0.717, 1.165) is 31.6 Å². The van der Waals surface area contributed by atoms with Crippen molar-refractivity contribution in [3.8, 4) is 0 Å². The van der Waals surface area contributed by atoms with Crippen molar-refractivity contribution in [1.29, 1.82) is 0 Å². The molecule has 0 spiro atoms. The van der Waals surface area contributed by atoms with Gasteiger partial charge in [0.15, 0.2) is 5.96 Å². The summed E-state index contributed by atoms with van der Waals surface area (Å²) in [6.07, 6.45) is 8.13. The molecule has 2 unspecified atom stereocenters. The first-order valence-corrected chi connectivity index (χ1v) is 10.8. The van der Waals surface area contributed by atoms with Gasteiger partial charge in [0.25, 0.3) is 0 Å². The molecule has 1 saturated carbocycles. The molecule has 0 amide bonds. The number of hydrogen-bond donors (Lipinski definition) is 2. The Morgan fingerprint density at radius 1 is 1.04 bits per heavy atom. The molecule has 1 aromatic carbocycles. The van der Waals surface area contributed by atoms with Crippen molar-refractivity contribution in [3.63, 3.8) is 0 Å². The van der Waals surface area contributed by atoms with E-state index in [1.807, 2.05) is 7.05 Å². The molecule has 27 heavy (non-hydrogen) atoms. The van der Waals surface area contributed by atoms with Crippen LogP contribution in [0.15, 0.2) is 35.3 Å². The van der Waals surface area contributed by atoms with E-state index in [0.29, 0.717) is 12.0 Å². The highest BCUT2D eigenvalue weighted by molar-refractivity contribution is 5.80. The van der Waals surface area contributed by atoms with Crippen LogP contribution in [0.4, 0.5) is 5.69 Å². The molecule has 2 N–H and O–H groups in total. The van der Waals surface area contributed by atoms with Crippen LogP contribution in [0.3, 0.4) is 0 Å². The zero-order valence-corrected chi connectivity index (χ0v) is 16.7. The molecule has 5 heteroatoms. The Balaban J connectivity index is 1.20. The molecule has 0 aromatic heterocycles. The number of guanidine groups is 1. The van der Waals surface area contributed by atoms with Gasteiger partial charge < -0.3 is 15.5 Å². The minimum atomic E-state index is 0.543. The predicted octanol–water partition coefficient (Wildman–Crippen LogP) is 2.69. The van der Waals surface area contributed by atoms with Crippen LogP contribution in [0.25, 0.3) is 0 Å². The highest BCUT2D eigenvalue weighted by atomic mass is 15.3. The van der Waals surface area contributed by atoms with Crippen molar-refractivity contribution < 1.29 is 0 Å². The second-order valence-electron chi connectivity index (χ2n) is 8.45. The van der Waals surface area contributed by atoms with Crippen LogP contribution < -0.4 is 15.5 Å². The third-order valence-electron chi connectivity index (χ3n) is 6.59. The van der Waals surface area contributed by atoms with Crippen LogP contribution in [-0.2, 0) is 0 Å². The van der Waals surface area contributed by atoms with Crippen molar-refractivity contribution in [2.24, 2.45) is 10.9 Å². The lowest BCUT2D eigenvalue weighted by molar-refractivity contribution is 0.242. The topological polar surface area (TPSA) is 42.9 Å². The van der Waals surface area contributed by atoms with Gasteiger partial charge in [-0.05, 0) is 43.7 Å². The quantitative estimate of drug-likeness (QED) is 0.619. The Bertz CT molecular complexity index is 610. The number of aliphatic imine (C=N–C) groups is 1. The zero-order valence-electron chi connectivity index (χ0n) is 16.7. The highest BCUT2D eigenvalue weighted by Gasteiger charge is 2.30. The number of benzene rings is 1. The third kappa shape index (κ3) is 4.75. The lowest BCUT2D eigenvalue weighted by Crippen LogP contribution is -2.46. The summed E-state index contributed by atoms with van der Waals surface area (Å²) in [6, 6.07) is 12.2. The lowest BCUT2D eigenvalue weighted by Gasteiger charge is -2.24. The van der Waals surface area contributed by atoms with E-state index in [9.17, 15) is 0 Å². The third-order valence-corrected chi connectivity index (χ3v) is 6.59. The second-order valence-corrected chi connectivity index (χ2v) is 8.45. The van der Waals surface area contributed by atoms with Gasteiger partial charge in [-0.2, -0.15) is 0 Å². The van der Waals surface area contributed by atoms with Crippen LogP contribution >= 0.6 is 0 Å². The van der Waals surface area contributed by atoms with Crippen LogP contribution in [0.2, 0.25) is 0 Å². The van der Waals surface area contributed by atoms with Gasteiger partial charge in [-0.1, -0.05) is 31.0 Å². The molecule has 1 aliphatic carbocycles. The van der Waals surface area contributed by atoms with Gasteiger partial charge in [-0.15, -0.1) is 0 Å². The summed E-state index contributed by atoms with van der Waals surface area (Å²) in [5.74, 6) is 1.66. The first-order chi connectivity index (χ1) is 13.3. The fourth-order valence-corrected chi connectivity index (χ4v) is 5.01. The smallest absolute Gasteiger partial charge is 0.191 e. The van der Waals surface area contributed by atoms with E-state index in [1.54, 1.807) is 0 Å². The normalized spacial score (nSPS) is 27.4. The van der Waals surface area contributed by atoms with Crippen LogP contribution in [0, 0.1) is 5.92 Å². The molecule has 0 radical (unpaired) electrons. The van der Waals surface area contributed by atoms with Crippen LogP contribution in [0.5, 0.6) is 0 Å². The number of anilines is 1. The average Bonchev–Trinajstić information content (AvgIpc) is 3.47. The van der Waals surface area contributed by atoms with E-state index in [4.69, 9.17) is 0 Å². The molecule has 2 aliphatic heterocycles. The Hall–Kier alpha value is -1.75. The first kappa shape index (κ1) is 18.6. The lowest BCUT2D eigenvalue weighted by atomic mass is 10.1. The number of para-hydroxylation sites is 1. The van der Waals surface area contributed by atoms with E-state index in [-0.39, 0.29) is 0 Å². The largest absolute Gasteiger partial charge is 0.371 e. The fraction of sp³-hybridized carbons (Fsp3) is 0.682. The number of nitrogens with one attached hydrogen (secondary N) is 2. The van der Waals surface area contributed by atoms with Crippen molar-refractivity contribution in [2.45, 2.75) is 50.6 Å². The highest BCUT2D eigenvalue weighted by Crippen LogP contribution is 2.26. The van der Waals surface area contributed by atoms with Crippen molar-refractivity contribution in [3.05, 3.63) is 30.3 Å². The second kappa shape index (κ2) is 8.96. The summed E-state index contributed by atoms with van der Waals surface area (Å²) < 4.78 is 0. The molecular formula is C22H35N5. The average molecular weight is 370 g/mol. The van der Waals surface area contributed by atoms with Gasteiger partial charge in [0, 0.05) is 57.5 Å². The number of rotatable bonds is 5. The number of nitrogens with zero attached hydrogens (tertiary/aromatic N) is 3. The van der Waals surface area contributed by atoms with Gasteiger partial charge in [0.05, 0.1) is 0 Å². The first-order valence-electron chi connectivity index (χ1n) is 10.8. The zero-order chi connectivity index (χ0) is 18.5. The maximum Gasteiger partial charge on any atom is 0.191 e. The van der Waals surface area contributed by atoms with Gasteiger partial charge in [0.2, 0.25) is 0 Å². The van der Waals surface area contributed by atoms with Gasteiger partial charge in [-0.3, -0.25) is 9.89 Å². The molecule has 2 saturated heterocycles. The Morgan fingerprint density at radius 3 is 2.63 bits per heavy atom. The predicted molar refractivity (Wildman–Crippen MR) is 113 cm³/mol. The monoisotopic (exact) mass is 369 g/mol. The molecule has 2 atom stereocenters. The van der Waals surface area contributed by atoms with E-state index >= 15 is 0 Å². The van der Waals surface area contributed by atoms with Crippen LogP contribution in [-0.4, -0.2) is 62.7 Å². The van der Waals surface area contributed by atoms with E-state index in [2.05, 4.69) is 55.8 Å². The summed E-state index contributed by atoms with van der Waals surface area (Å²) in [5.41, 5.74) is 1.35. The standard InChI is InChI=1S/C22H35N5/c1-23-22(25-19-12-14-27(17-19)21-9-5-6-10-21)24-15-18-11-13-26(16-18)20-7-3-2-4-8-20/h2-4,7-8,18-19,21H,5-6,9-17H2,1H3,(H2,23,24,25). The maximum absolute atomic E-state index is 4.47. The molecular weight excluding hydrogens is 334 g/mol. The summed E-state index contributed by atoms with van der Waals surface area (Å²) in [4.78, 5) is 9.67. The Kier molecular flexibility index (Phi) is 6.17. The minimum Gasteiger partial charge on any atom is -0.371 e. The molecule has 3 aliphatic rings. The molecule has 2 heterocycles. The van der Waals surface area contributed by atoms with Gasteiger partial charge >= 0.3 is 0 Å². The van der Waals surface area contributed by atoms with Gasteiger partial charge in [0.1, 0.15) is 0 Å². The minimum absolute atomic E-state index is 0.543. The summed E-state index contributed by atoms with van der Waals surface area (Å²) >= 11 is 0. The summed E-state index contributed by atoms with van der Waals surface area (Å²) in [6.45, 7) is 5.71. The molecule has 1 aromatic rings. The number of likely N-dealkylation sites (tertiary alicyclic amines) is 1. The van der Waals surface area contributed by atoms with Crippen LogP contribution in [0.1, 0.15) is 38.5 Å². The molecule has 3 fully saturated rings. The Morgan fingerprint density at radius 2 is 1.85 bits per heavy atom. The van der Waals surface area contributed by atoms with E-state index < -0.39 is 0 Å². The molecule has 4 rings (SSSR count). The van der Waals surface area contributed by atoms with Crippen molar-refractivity contribution >= 4 is 11.6 Å². The molecule has 0 bridgehead atoms. The Labute approximate surface area is 164 Å².